The highest BCUT2D eigenvalue weighted by molar-refractivity contribution is 5.38. The molecule has 0 rings (SSSR count). The molecule has 0 bridgehead atoms. The second kappa shape index (κ2) is 7.59. The molecule has 0 aromatic carbocycles. The first-order valence-corrected chi connectivity index (χ1v) is 4.44. The van der Waals surface area contributed by atoms with Crippen LogP contribution in [0.25, 0.3) is 0 Å². The Morgan fingerprint density at radius 3 is 2.54 bits per heavy atom. The van der Waals surface area contributed by atoms with Crippen LogP contribution in [0.2, 0.25) is 0 Å². The van der Waals surface area contributed by atoms with Gasteiger partial charge in [-0.2, -0.15) is 0 Å². The molecule has 0 aromatic heterocycles. The predicted octanol–water partition coefficient (Wildman–Crippen LogP) is 2.76. The number of hydrogen-bond donors (Lipinski definition) is 0. The first-order chi connectivity index (χ1) is 6.16. The summed E-state index contributed by atoms with van der Waals surface area (Å²) in [5.74, 6) is 0. The minimum absolute atomic E-state index is 0.337. The number of hydrogen-bond acceptors (Lipinski definition) is 2. The molecule has 0 aliphatic heterocycles. The van der Waals surface area contributed by atoms with Crippen LogP contribution < -0.4 is 0 Å². The van der Waals surface area contributed by atoms with Gasteiger partial charge in [-0.05, 0) is 39.7 Å². The van der Waals surface area contributed by atoms with Gasteiger partial charge in [0, 0.05) is 0 Å². The molecule has 0 atom stereocenters. The van der Waals surface area contributed by atoms with Crippen LogP contribution in [0.1, 0.15) is 33.6 Å². The zero-order chi connectivity index (χ0) is 10.1. The highest BCUT2D eigenvalue weighted by Crippen LogP contribution is 2.05. The molecule has 0 heterocycles. The van der Waals surface area contributed by atoms with Gasteiger partial charge in [-0.3, -0.25) is 0 Å². The highest BCUT2D eigenvalue weighted by Gasteiger charge is 1.88. The Kier molecular flexibility index (Phi) is 6.98. The molecule has 73 valence electrons. The van der Waals surface area contributed by atoms with E-state index < -0.39 is 0 Å². The Bertz CT molecular complexity index is 198. The molecule has 0 spiro atoms. The summed E-state index contributed by atoms with van der Waals surface area (Å²) in [5, 5.41) is 0. The van der Waals surface area contributed by atoms with Crippen LogP contribution in [0.5, 0.6) is 0 Å². The molecular formula is C11H17O2. The topological polar surface area (TPSA) is 26.3 Å². The van der Waals surface area contributed by atoms with Gasteiger partial charge in [-0.15, -0.1) is 0 Å². The summed E-state index contributed by atoms with van der Waals surface area (Å²) in [6.07, 6.45) is 6.18. The van der Waals surface area contributed by atoms with E-state index in [1.165, 1.54) is 17.6 Å². The van der Waals surface area contributed by atoms with Gasteiger partial charge < -0.3 is 4.74 Å². The lowest BCUT2D eigenvalue weighted by Gasteiger charge is -1.98. The fraction of sp³-hybridized carbons (Fsp3) is 0.545. The third kappa shape index (κ3) is 8.86. The maximum Gasteiger partial charge on any atom is 0.417 e. The van der Waals surface area contributed by atoms with Crippen LogP contribution in [0.15, 0.2) is 23.3 Å². The molecule has 0 fully saturated rings. The molecule has 0 unspecified atom stereocenters. The molecule has 0 saturated carbocycles. The zero-order valence-corrected chi connectivity index (χ0v) is 8.59. The maximum absolute atomic E-state index is 9.70. The van der Waals surface area contributed by atoms with E-state index in [9.17, 15) is 4.79 Å². The Morgan fingerprint density at radius 2 is 2.00 bits per heavy atom. The van der Waals surface area contributed by atoms with Crippen LogP contribution in [-0.2, 0) is 9.53 Å². The van der Waals surface area contributed by atoms with E-state index in [4.69, 9.17) is 0 Å². The highest BCUT2D eigenvalue weighted by atomic mass is 16.5. The normalized spacial score (nSPS) is 10.8. The third-order valence-electron chi connectivity index (χ3n) is 1.67. The SMILES string of the molecule is CC(C)=CCC/C(C)=C/CO[C]=O. The van der Waals surface area contributed by atoms with Gasteiger partial charge >= 0.3 is 6.47 Å². The van der Waals surface area contributed by atoms with E-state index >= 15 is 0 Å². The van der Waals surface area contributed by atoms with Crippen molar-refractivity contribution >= 4 is 6.47 Å². The number of carbonyl (C=O) groups excluding carboxylic acids is 1. The van der Waals surface area contributed by atoms with Crippen LogP contribution in [0.4, 0.5) is 0 Å². The standard InChI is InChI=1S/C11H17O2/c1-10(2)5-4-6-11(3)7-8-13-9-12/h5,7H,4,6,8H2,1-3H3/b11-7+. The van der Waals surface area contributed by atoms with Crippen molar-refractivity contribution < 1.29 is 9.53 Å². The van der Waals surface area contributed by atoms with E-state index in [1.54, 1.807) is 0 Å². The van der Waals surface area contributed by atoms with Gasteiger partial charge in [-0.1, -0.05) is 17.2 Å². The molecule has 13 heavy (non-hydrogen) atoms. The average Bonchev–Trinajstić information content (AvgIpc) is 2.04. The third-order valence-corrected chi connectivity index (χ3v) is 1.67. The Morgan fingerprint density at radius 1 is 1.31 bits per heavy atom. The molecule has 0 aromatic rings. The Balaban J connectivity index is 3.60. The van der Waals surface area contributed by atoms with E-state index in [0.29, 0.717) is 6.61 Å². The van der Waals surface area contributed by atoms with E-state index in [0.717, 1.165) is 12.8 Å². The van der Waals surface area contributed by atoms with Crippen molar-refractivity contribution in [1.29, 1.82) is 0 Å². The summed E-state index contributed by atoms with van der Waals surface area (Å²) < 4.78 is 4.43. The monoisotopic (exact) mass is 181 g/mol. The van der Waals surface area contributed by atoms with E-state index in [2.05, 4.69) is 24.7 Å². The Labute approximate surface area is 80.3 Å². The van der Waals surface area contributed by atoms with Crippen LogP contribution in [-0.4, -0.2) is 13.1 Å². The minimum atomic E-state index is 0.337. The van der Waals surface area contributed by atoms with Gasteiger partial charge in [0.05, 0.1) is 0 Å². The summed E-state index contributed by atoms with van der Waals surface area (Å²) in [7, 11) is 0. The van der Waals surface area contributed by atoms with Crippen molar-refractivity contribution in [1.82, 2.24) is 0 Å². The fourth-order valence-electron chi connectivity index (χ4n) is 0.909. The van der Waals surface area contributed by atoms with Crippen molar-refractivity contribution in [2.24, 2.45) is 0 Å². The molecule has 1 radical (unpaired) electrons. The molecule has 2 heteroatoms. The largest absolute Gasteiger partial charge is 0.453 e. The first kappa shape index (κ1) is 11.9. The van der Waals surface area contributed by atoms with Crippen molar-refractivity contribution in [3.05, 3.63) is 23.3 Å². The lowest BCUT2D eigenvalue weighted by molar-refractivity contribution is 0.313. The van der Waals surface area contributed by atoms with Crippen molar-refractivity contribution in [3.63, 3.8) is 0 Å². The number of allylic oxidation sites excluding steroid dienone is 3. The summed E-state index contributed by atoms with van der Waals surface area (Å²) >= 11 is 0. The van der Waals surface area contributed by atoms with Gasteiger partial charge in [0.15, 0.2) is 0 Å². The summed E-state index contributed by atoms with van der Waals surface area (Å²) in [6, 6.07) is 0. The van der Waals surface area contributed by atoms with E-state index in [-0.39, 0.29) is 0 Å². The van der Waals surface area contributed by atoms with Gasteiger partial charge in [0.1, 0.15) is 6.61 Å². The van der Waals surface area contributed by atoms with Crippen molar-refractivity contribution in [2.75, 3.05) is 6.61 Å². The molecule has 0 N–H and O–H groups in total. The van der Waals surface area contributed by atoms with Crippen LogP contribution >= 0.6 is 0 Å². The zero-order valence-electron chi connectivity index (χ0n) is 8.59. The second-order valence-corrected chi connectivity index (χ2v) is 3.26. The lowest BCUT2D eigenvalue weighted by atomic mass is 10.1. The molecule has 0 aliphatic carbocycles. The smallest absolute Gasteiger partial charge is 0.417 e. The molecule has 2 nitrogen and oxygen atoms in total. The van der Waals surface area contributed by atoms with Crippen molar-refractivity contribution in [2.45, 2.75) is 33.6 Å². The van der Waals surface area contributed by atoms with Crippen LogP contribution in [0.3, 0.4) is 0 Å². The van der Waals surface area contributed by atoms with Crippen LogP contribution in [0, 0.1) is 0 Å². The average molecular weight is 181 g/mol. The van der Waals surface area contributed by atoms with Gasteiger partial charge in [0.2, 0.25) is 0 Å². The molecule has 0 saturated heterocycles. The first-order valence-electron chi connectivity index (χ1n) is 4.44. The lowest BCUT2D eigenvalue weighted by Crippen LogP contribution is -1.88. The van der Waals surface area contributed by atoms with Crippen molar-refractivity contribution in [3.8, 4) is 0 Å². The summed E-state index contributed by atoms with van der Waals surface area (Å²) in [4.78, 5) is 9.70. The summed E-state index contributed by atoms with van der Waals surface area (Å²) in [6.45, 7) is 7.94. The predicted molar refractivity (Wildman–Crippen MR) is 54.1 cm³/mol. The fourth-order valence-corrected chi connectivity index (χ4v) is 0.909. The van der Waals surface area contributed by atoms with Gasteiger partial charge in [-0.25, -0.2) is 4.79 Å². The van der Waals surface area contributed by atoms with E-state index in [1.807, 2.05) is 13.0 Å². The Hall–Kier alpha value is -1.05. The summed E-state index contributed by atoms with van der Waals surface area (Å²) in [5.41, 5.74) is 2.58. The number of rotatable bonds is 6. The molecule has 0 amide bonds. The molecular weight excluding hydrogens is 164 g/mol. The minimum Gasteiger partial charge on any atom is -0.453 e. The number of ether oxygens (including phenoxy) is 1. The molecule has 0 aliphatic rings. The second-order valence-electron chi connectivity index (χ2n) is 3.26. The quantitative estimate of drug-likeness (QED) is 0.465. The maximum atomic E-state index is 9.70. The van der Waals surface area contributed by atoms with Gasteiger partial charge in [0.25, 0.3) is 0 Å².